The fourth-order valence-electron chi connectivity index (χ4n) is 4.93. The van der Waals surface area contributed by atoms with Crippen molar-refractivity contribution in [2.24, 2.45) is 0 Å². The average Bonchev–Trinajstić information content (AvgIpc) is 3.18. The van der Waals surface area contributed by atoms with Gasteiger partial charge in [0.1, 0.15) is 0 Å². The Bertz CT molecular complexity index is 1500. The molecule has 0 unspecified atom stereocenters. The smallest absolute Gasteiger partial charge is 0.0555 e. The summed E-state index contributed by atoms with van der Waals surface area (Å²) in [5, 5.41) is 3.75. The molecule has 0 saturated carbocycles. The number of hydrogen-bond acceptors (Lipinski definition) is 0. The molecule has 0 aliphatic carbocycles. The van der Waals surface area contributed by atoms with Crippen molar-refractivity contribution < 1.29 is 0 Å². The molecular formula is C31H21Cl2N. The lowest BCUT2D eigenvalue weighted by Gasteiger charge is -2.19. The third kappa shape index (κ3) is 3.68. The number of aromatic nitrogens is 1. The highest BCUT2D eigenvalue weighted by Crippen LogP contribution is 2.36. The van der Waals surface area contributed by atoms with Crippen LogP contribution in [0.25, 0.3) is 27.5 Å². The number of rotatable bonds is 4. The summed E-state index contributed by atoms with van der Waals surface area (Å²) in [4.78, 5) is 0. The minimum atomic E-state index is 0.165. The Balaban J connectivity index is 1.52. The van der Waals surface area contributed by atoms with Crippen molar-refractivity contribution in [3.05, 3.63) is 148 Å². The summed E-state index contributed by atoms with van der Waals surface area (Å²) in [5.41, 5.74) is 7.01. The van der Waals surface area contributed by atoms with Gasteiger partial charge in [-0.2, -0.15) is 0 Å². The van der Waals surface area contributed by atoms with Crippen molar-refractivity contribution in [3.63, 3.8) is 0 Å². The van der Waals surface area contributed by atoms with Crippen molar-refractivity contribution in [1.29, 1.82) is 0 Å². The zero-order chi connectivity index (χ0) is 23.1. The molecule has 0 spiro atoms. The van der Waals surface area contributed by atoms with E-state index < -0.39 is 0 Å². The van der Waals surface area contributed by atoms with E-state index in [1.165, 1.54) is 16.7 Å². The molecule has 0 N–H and O–H groups in total. The molecule has 5 aromatic carbocycles. The zero-order valence-electron chi connectivity index (χ0n) is 18.3. The molecule has 1 heterocycles. The van der Waals surface area contributed by atoms with Crippen LogP contribution >= 0.6 is 23.2 Å². The minimum Gasteiger partial charge on any atom is -0.309 e. The molecule has 6 rings (SSSR count). The molecule has 164 valence electrons. The van der Waals surface area contributed by atoms with Gasteiger partial charge < -0.3 is 4.57 Å². The van der Waals surface area contributed by atoms with E-state index in [0.717, 1.165) is 27.5 Å². The summed E-state index contributed by atoms with van der Waals surface area (Å²) in [6.07, 6.45) is 0. The van der Waals surface area contributed by atoms with E-state index in [9.17, 15) is 0 Å². The molecule has 0 aliphatic rings. The van der Waals surface area contributed by atoms with Crippen LogP contribution in [-0.4, -0.2) is 4.57 Å². The van der Waals surface area contributed by atoms with E-state index in [0.29, 0.717) is 10.0 Å². The molecule has 0 radical (unpaired) electrons. The van der Waals surface area contributed by atoms with Crippen molar-refractivity contribution in [1.82, 2.24) is 4.57 Å². The SMILES string of the molecule is Clc1ccc2c3ccc(Cl)cc3n(-c3ccc(C(c4ccccc4)c4ccccc4)cc3)c2c1. The van der Waals surface area contributed by atoms with Gasteiger partial charge in [0, 0.05) is 32.4 Å². The second-order valence-electron chi connectivity index (χ2n) is 8.50. The van der Waals surface area contributed by atoms with Gasteiger partial charge in [-0.05, 0) is 53.1 Å². The highest BCUT2D eigenvalue weighted by Gasteiger charge is 2.18. The van der Waals surface area contributed by atoms with Crippen LogP contribution in [0.4, 0.5) is 0 Å². The highest BCUT2D eigenvalue weighted by atomic mass is 35.5. The van der Waals surface area contributed by atoms with Crippen molar-refractivity contribution in [3.8, 4) is 5.69 Å². The minimum absolute atomic E-state index is 0.165. The number of fused-ring (bicyclic) bond motifs is 3. The summed E-state index contributed by atoms with van der Waals surface area (Å²) < 4.78 is 2.24. The number of halogens is 2. The van der Waals surface area contributed by atoms with Gasteiger partial charge in [0.25, 0.3) is 0 Å². The predicted octanol–water partition coefficient (Wildman–Crippen LogP) is 9.27. The molecule has 0 aliphatic heterocycles. The van der Waals surface area contributed by atoms with Gasteiger partial charge in [-0.15, -0.1) is 0 Å². The van der Waals surface area contributed by atoms with E-state index in [1.54, 1.807) is 0 Å². The van der Waals surface area contributed by atoms with Crippen molar-refractivity contribution >= 4 is 45.0 Å². The molecule has 3 heteroatoms. The molecule has 0 saturated heterocycles. The van der Waals surface area contributed by atoms with E-state index >= 15 is 0 Å². The molecule has 34 heavy (non-hydrogen) atoms. The van der Waals surface area contributed by atoms with Crippen LogP contribution in [0.15, 0.2) is 121 Å². The van der Waals surface area contributed by atoms with Crippen LogP contribution in [0.2, 0.25) is 10.0 Å². The molecular weight excluding hydrogens is 457 g/mol. The first-order valence-electron chi connectivity index (χ1n) is 11.3. The Labute approximate surface area is 208 Å². The Morgan fingerprint density at radius 3 is 1.38 bits per heavy atom. The van der Waals surface area contributed by atoms with Crippen LogP contribution in [0.3, 0.4) is 0 Å². The summed E-state index contributed by atoms with van der Waals surface area (Å²) in [6, 6.07) is 42.3. The maximum atomic E-state index is 6.40. The van der Waals surface area contributed by atoms with Crippen molar-refractivity contribution in [2.75, 3.05) is 0 Å². The normalized spacial score (nSPS) is 11.5. The zero-order valence-corrected chi connectivity index (χ0v) is 19.8. The maximum absolute atomic E-state index is 6.40. The van der Waals surface area contributed by atoms with E-state index in [4.69, 9.17) is 23.2 Å². The Morgan fingerprint density at radius 2 is 0.912 bits per heavy atom. The molecule has 1 nitrogen and oxygen atoms in total. The summed E-state index contributed by atoms with van der Waals surface area (Å²) in [7, 11) is 0. The molecule has 6 aromatic rings. The number of benzene rings is 5. The Morgan fingerprint density at radius 1 is 0.471 bits per heavy atom. The third-order valence-electron chi connectivity index (χ3n) is 6.44. The van der Waals surface area contributed by atoms with Crippen LogP contribution in [0, 0.1) is 0 Å². The van der Waals surface area contributed by atoms with Gasteiger partial charge in [0.05, 0.1) is 11.0 Å². The third-order valence-corrected chi connectivity index (χ3v) is 6.91. The summed E-state index contributed by atoms with van der Waals surface area (Å²) in [5.74, 6) is 0.165. The standard InChI is InChI=1S/C31H21Cl2N/c32-24-13-17-27-28-18-14-25(33)20-30(28)34(29(27)19-24)26-15-11-23(12-16-26)31(21-7-3-1-4-8-21)22-9-5-2-6-10-22/h1-20,31H. The van der Waals surface area contributed by atoms with Crippen LogP contribution in [-0.2, 0) is 0 Å². The molecule has 0 bridgehead atoms. The van der Waals surface area contributed by atoms with Gasteiger partial charge in [-0.25, -0.2) is 0 Å². The molecule has 1 aromatic heterocycles. The monoisotopic (exact) mass is 477 g/mol. The second-order valence-corrected chi connectivity index (χ2v) is 9.38. The lowest BCUT2D eigenvalue weighted by atomic mass is 9.85. The van der Waals surface area contributed by atoms with Gasteiger partial charge in [-0.3, -0.25) is 0 Å². The number of hydrogen-bond donors (Lipinski definition) is 0. The highest BCUT2D eigenvalue weighted by molar-refractivity contribution is 6.32. The predicted molar refractivity (Wildman–Crippen MR) is 145 cm³/mol. The lowest BCUT2D eigenvalue weighted by Crippen LogP contribution is -2.04. The van der Waals surface area contributed by atoms with E-state index in [2.05, 4.69) is 102 Å². The largest absolute Gasteiger partial charge is 0.309 e. The Hall–Kier alpha value is -3.52. The summed E-state index contributed by atoms with van der Waals surface area (Å²) >= 11 is 12.8. The molecule has 0 fully saturated rings. The Kier molecular flexibility index (Phi) is 5.37. The van der Waals surface area contributed by atoms with Gasteiger partial charge >= 0.3 is 0 Å². The quantitative estimate of drug-likeness (QED) is 0.223. The van der Waals surface area contributed by atoms with E-state index in [1.807, 2.05) is 24.3 Å². The van der Waals surface area contributed by atoms with Crippen LogP contribution in [0.5, 0.6) is 0 Å². The molecule has 0 atom stereocenters. The molecule has 0 amide bonds. The van der Waals surface area contributed by atoms with E-state index in [-0.39, 0.29) is 5.92 Å². The van der Waals surface area contributed by atoms with Crippen molar-refractivity contribution in [2.45, 2.75) is 5.92 Å². The van der Waals surface area contributed by atoms with Gasteiger partial charge in [-0.1, -0.05) is 108 Å². The fraction of sp³-hybridized carbons (Fsp3) is 0.0323. The fourth-order valence-corrected chi connectivity index (χ4v) is 5.26. The van der Waals surface area contributed by atoms with Gasteiger partial charge in [0.2, 0.25) is 0 Å². The maximum Gasteiger partial charge on any atom is 0.0555 e. The topological polar surface area (TPSA) is 4.93 Å². The average molecular weight is 478 g/mol. The van der Waals surface area contributed by atoms with Crippen LogP contribution in [0.1, 0.15) is 22.6 Å². The number of nitrogens with zero attached hydrogens (tertiary/aromatic N) is 1. The summed E-state index contributed by atoms with van der Waals surface area (Å²) in [6.45, 7) is 0. The first kappa shape index (κ1) is 21.0. The van der Waals surface area contributed by atoms with Crippen LogP contribution < -0.4 is 0 Å². The first-order valence-corrected chi connectivity index (χ1v) is 12.0. The second kappa shape index (κ2) is 8.68. The van der Waals surface area contributed by atoms with Gasteiger partial charge in [0.15, 0.2) is 0 Å². The first-order chi connectivity index (χ1) is 16.7. The lowest BCUT2D eigenvalue weighted by molar-refractivity contribution is 0.975.